The lowest BCUT2D eigenvalue weighted by Gasteiger charge is -2.13. The fourth-order valence-corrected chi connectivity index (χ4v) is 4.30. The first-order chi connectivity index (χ1) is 10.8. The molecule has 1 N–H and O–H groups in total. The predicted molar refractivity (Wildman–Crippen MR) is 88.3 cm³/mol. The fourth-order valence-electron chi connectivity index (χ4n) is 2.81. The number of nitrogens with one attached hydrogen (secondary N) is 1. The molecule has 7 heteroatoms. The van der Waals surface area contributed by atoms with Crippen LogP contribution in [0.3, 0.4) is 0 Å². The molecule has 23 heavy (non-hydrogen) atoms. The van der Waals surface area contributed by atoms with Crippen LogP contribution >= 0.6 is 0 Å². The minimum absolute atomic E-state index is 0.0742. The Hall–Kier alpha value is -2.15. The van der Waals surface area contributed by atoms with Crippen LogP contribution in [0.15, 0.2) is 18.2 Å². The lowest BCUT2D eigenvalue weighted by molar-refractivity contribution is -0.115. The summed E-state index contributed by atoms with van der Waals surface area (Å²) in [5.41, 5.74) is 4.12. The smallest absolute Gasteiger partial charge is 0.225 e. The molecule has 1 aromatic heterocycles. The van der Waals surface area contributed by atoms with Gasteiger partial charge in [-0.2, -0.15) is 5.10 Å². The Balaban J connectivity index is 2.16. The number of carbonyl (C=O) groups is 1. The molecule has 1 amide bonds. The number of benzene rings is 1. The van der Waals surface area contributed by atoms with Gasteiger partial charge in [-0.1, -0.05) is 24.6 Å². The van der Waals surface area contributed by atoms with Gasteiger partial charge in [-0.25, -0.2) is 13.1 Å². The van der Waals surface area contributed by atoms with E-state index in [2.05, 4.69) is 10.4 Å². The number of anilines is 1. The number of fused-ring (bicyclic) bond motifs is 1. The molecule has 0 saturated carbocycles. The van der Waals surface area contributed by atoms with E-state index >= 15 is 0 Å². The van der Waals surface area contributed by atoms with Crippen LogP contribution in [0.4, 0.5) is 5.82 Å². The molecule has 0 saturated heterocycles. The van der Waals surface area contributed by atoms with E-state index in [0.29, 0.717) is 23.5 Å². The zero-order valence-electron chi connectivity index (χ0n) is 13.4. The Bertz CT molecular complexity index is 898. The van der Waals surface area contributed by atoms with Gasteiger partial charge < -0.3 is 5.32 Å². The van der Waals surface area contributed by atoms with Gasteiger partial charge in [0.1, 0.15) is 5.82 Å². The second kappa shape index (κ2) is 5.49. The molecule has 0 atom stereocenters. The number of aryl methyl sites for hydroxylation is 2. The van der Waals surface area contributed by atoms with Gasteiger partial charge in [-0.15, -0.1) is 0 Å². The summed E-state index contributed by atoms with van der Waals surface area (Å²) in [6.45, 7) is 5.73. The van der Waals surface area contributed by atoms with E-state index in [1.807, 2.05) is 32.0 Å². The summed E-state index contributed by atoms with van der Waals surface area (Å²) < 4.78 is 25.4. The molecule has 6 nitrogen and oxygen atoms in total. The molecule has 0 spiro atoms. The number of sulfone groups is 1. The average molecular weight is 333 g/mol. The van der Waals surface area contributed by atoms with Crippen LogP contribution in [-0.2, 0) is 26.1 Å². The molecular formula is C16H19N3O3S. The van der Waals surface area contributed by atoms with Crippen molar-refractivity contribution in [2.75, 3.05) is 5.32 Å². The summed E-state index contributed by atoms with van der Waals surface area (Å²) in [6.07, 6.45) is 0.319. The summed E-state index contributed by atoms with van der Waals surface area (Å²) in [6, 6.07) is 5.94. The molecule has 2 aromatic rings. The third kappa shape index (κ3) is 2.88. The van der Waals surface area contributed by atoms with Crippen molar-refractivity contribution in [1.29, 1.82) is 0 Å². The van der Waals surface area contributed by atoms with Crippen LogP contribution < -0.4 is 5.32 Å². The van der Waals surface area contributed by atoms with Gasteiger partial charge in [0.05, 0.1) is 22.9 Å². The maximum Gasteiger partial charge on any atom is 0.225 e. The van der Waals surface area contributed by atoms with Crippen molar-refractivity contribution >= 4 is 21.6 Å². The molecule has 0 radical (unpaired) electrons. The second-order valence-corrected chi connectivity index (χ2v) is 7.97. The van der Waals surface area contributed by atoms with Crippen LogP contribution in [0.5, 0.6) is 0 Å². The number of hydrogen-bond donors (Lipinski definition) is 1. The first-order valence-electron chi connectivity index (χ1n) is 7.49. The number of nitrogens with zero attached hydrogens (tertiary/aromatic N) is 2. The molecule has 122 valence electrons. The highest BCUT2D eigenvalue weighted by atomic mass is 32.2. The quantitative estimate of drug-likeness (QED) is 0.934. The van der Waals surface area contributed by atoms with Crippen molar-refractivity contribution in [2.45, 2.75) is 38.7 Å². The first-order valence-corrected chi connectivity index (χ1v) is 9.31. The monoisotopic (exact) mass is 333 g/mol. The molecule has 0 fully saturated rings. The molecule has 0 aliphatic carbocycles. The molecule has 0 bridgehead atoms. The Morgan fingerprint density at radius 3 is 2.70 bits per heavy atom. The van der Waals surface area contributed by atoms with Crippen LogP contribution in [0.2, 0.25) is 0 Å². The van der Waals surface area contributed by atoms with Gasteiger partial charge in [-0.05, 0) is 25.5 Å². The number of carbonyl (C=O) groups excluding carboxylic acids is 1. The zero-order chi connectivity index (χ0) is 16.8. The van der Waals surface area contributed by atoms with Crippen molar-refractivity contribution in [1.82, 2.24) is 9.78 Å². The van der Waals surface area contributed by atoms with Gasteiger partial charge in [0.15, 0.2) is 9.84 Å². The standard InChI is InChI=1S/C16H19N3O3S/c1-4-15(20)17-16-12-8-23(21,22)9-13(12)18-19(16)14-6-5-10(2)7-11(14)3/h5-7H,4,8-9H2,1-3H3,(H,17,20). The largest absolute Gasteiger partial charge is 0.310 e. The van der Waals surface area contributed by atoms with Gasteiger partial charge in [0.25, 0.3) is 0 Å². The van der Waals surface area contributed by atoms with E-state index in [9.17, 15) is 13.2 Å². The maximum atomic E-state index is 11.9. The Kier molecular flexibility index (Phi) is 3.75. The molecule has 1 aliphatic rings. The topological polar surface area (TPSA) is 81.1 Å². The summed E-state index contributed by atoms with van der Waals surface area (Å²) in [5, 5.41) is 7.27. The van der Waals surface area contributed by atoms with Crippen molar-refractivity contribution in [2.24, 2.45) is 0 Å². The van der Waals surface area contributed by atoms with Gasteiger partial charge in [0, 0.05) is 12.0 Å². The fraction of sp³-hybridized carbons (Fsp3) is 0.375. The average Bonchev–Trinajstić information content (AvgIpc) is 2.92. The SMILES string of the molecule is CCC(=O)Nc1c2c(nn1-c1ccc(C)cc1C)CS(=O)(=O)C2. The Morgan fingerprint density at radius 2 is 2.04 bits per heavy atom. The molecule has 0 unspecified atom stereocenters. The summed E-state index contributed by atoms with van der Waals surface area (Å²) in [5.74, 6) is 0.157. The number of rotatable bonds is 3. The molecule has 2 heterocycles. The van der Waals surface area contributed by atoms with Gasteiger partial charge >= 0.3 is 0 Å². The summed E-state index contributed by atoms with van der Waals surface area (Å²) in [7, 11) is -3.17. The number of aromatic nitrogens is 2. The Labute approximate surface area is 135 Å². The minimum Gasteiger partial charge on any atom is -0.310 e. The maximum absolute atomic E-state index is 11.9. The Morgan fingerprint density at radius 1 is 1.30 bits per heavy atom. The second-order valence-electron chi connectivity index (χ2n) is 5.91. The normalized spacial score (nSPS) is 15.4. The van der Waals surface area contributed by atoms with Crippen LogP contribution in [0.1, 0.15) is 35.7 Å². The van der Waals surface area contributed by atoms with E-state index in [-0.39, 0.29) is 17.4 Å². The van der Waals surface area contributed by atoms with Crippen LogP contribution in [-0.4, -0.2) is 24.1 Å². The van der Waals surface area contributed by atoms with E-state index in [4.69, 9.17) is 0 Å². The van der Waals surface area contributed by atoms with Crippen molar-refractivity contribution in [3.63, 3.8) is 0 Å². The van der Waals surface area contributed by atoms with Gasteiger partial charge in [-0.3, -0.25) is 4.79 Å². The lowest BCUT2D eigenvalue weighted by atomic mass is 10.1. The zero-order valence-corrected chi connectivity index (χ0v) is 14.2. The predicted octanol–water partition coefficient (Wildman–Crippen LogP) is 2.27. The van der Waals surface area contributed by atoms with Crippen LogP contribution in [0.25, 0.3) is 5.69 Å². The molecule has 1 aromatic carbocycles. The highest BCUT2D eigenvalue weighted by molar-refractivity contribution is 7.90. The summed E-state index contributed by atoms with van der Waals surface area (Å²) >= 11 is 0. The van der Waals surface area contributed by atoms with Crippen molar-refractivity contribution in [3.05, 3.63) is 40.6 Å². The van der Waals surface area contributed by atoms with E-state index in [0.717, 1.165) is 16.8 Å². The first kappa shape index (κ1) is 15.7. The third-order valence-electron chi connectivity index (χ3n) is 3.95. The van der Waals surface area contributed by atoms with Gasteiger partial charge in [0.2, 0.25) is 5.91 Å². The third-order valence-corrected chi connectivity index (χ3v) is 5.39. The molecule has 3 rings (SSSR count). The number of hydrogen-bond acceptors (Lipinski definition) is 4. The summed E-state index contributed by atoms with van der Waals surface area (Å²) in [4.78, 5) is 11.9. The van der Waals surface area contributed by atoms with E-state index in [1.54, 1.807) is 11.6 Å². The molecule has 1 aliphatic heterocycles. The van der Waals surface area contributed by atoms with Crippen LogP contribution in [0, 0.1) is 13.8 Å². The minimum atomic E-state index is -3.17. The van der Waals surface area contributed by atoms with E-state index < -0.39 is 9.84 Å². The highest BCUT2D eigenvalue weighted by Crippen LogP contribution is 2.33. The lowest BCUT2D eigenvalue weighted by Crippen LogP contribution is -2.16. The number of amides is 1. The highest BCUT2D eigenvalue weighted by Gasteiger charge is 2.33. The molecular weight excluding hydrogens is 314 g/mol. The van der Waals surface area contributed by atoms with Crippen molar-refractivity contribution in [3.8, 4) is 5.69 Å². The van der Waals surface area contributed by atoms with Crippen molar-refractivity contribution < 1.29 is 13.2 Å². The van der Waals surface area contributed by atoms with E-state index in [1.165, 1.54) is 0 Å².